The van der Waals surface area contributed by atoms with E-state index >= 15 is 0 Å². The van der Waals surface area contributed by atoms with E-state index < -0.39 is 5.97 Å². The summed E-state index contributed by atoms with van der Waals surface area (Å²) in [6.07, 6.45) is 0. The summed E-state index contributed by atoms with van der Waals surface area (Å²) < 4.78 is 8.40. The molecular weight excluding hydrogens is 322 g/mol. The largest absolute Gasteiger partial charge is 0.461 e. The Labute approximate surface area is 144 Å². The molecule has 0 unspecified atom stereocenters. The van der Waals surface area contributed by atoms with Crippen molar-refractivity contribution in [2.24, 2.45) is 0 Å². The molecular formula is C18H19N3O4. The van der Waals surface area contributed by atoms with Gasteiger partial charge in [-0.05, 0) is 38.5 Å². The number of benzene rings is 1. The quantitative estimate of drug-likeness (QED) is 0.584. The number of Topliss-reactive ketones (excluding diaryl/α,β-unsaturated/α-hetero) is 1. The van der Waals surface area contributed by atoms with Gasteiger partial charge in [0.15, 0.2) is 5.78 Å². The van der Waals surface area contributed by atoms with Gasteiger partial charge in [0.25, 0.3) is 0 Å². The molecule has 1 aromatic carbocycles. The van der Waals surface area contributed by atoms with E-state index in [0.29, 0.717) is 33.5 Å². The van der Waals surface area contributed by atoms with Crippen LogP contribution in [0.3, 0.4) is 0 Å². The first-order chi connectivity index (χ1) is 11.9. The van der Waals surface area contributed by atoms with Gasteiger partial charge in [-0.25, -0.2) is 9.47 Å². The Bertz CT molecular complexity index is 1030. The lowest BCUT2D eigenvalue weighted by Crippen LogP contribution is -2.20. The van der Waals surface area contributed by atoms with Crippen molar-refractivity contribution >= 4 is 34.3 Å². The second-order valence-corrected chi connectivity index (χ2v) is 5.78. The van der Waals surface area contributed by atoms with Crippen molar-refractivity contribution in [2.75, 3.05) is 12.0 Å². The van der Waals surface area contributed by atoms with Crippen molar-refractivity contribution in [1.29, 1.82) is 0 Å². The lowest BCUT2D eigenvalue weighted by molar-refractivity contribution is -0.115. The van der Waals surface area contributed by atoms with Gasteiger partial charge in [-0.1, -0.05) is 12.1 Å². The second kappa shape index (κ2) is 6.08. The average molecular weight is 341 g/mol. The highest BCUT2D eigenvalue weighted by atomic mass is 16.5. The Hall–Kier alpha value is -3.09. The summed E-state index contributed by atoms with van der Waals surface area (Å²) in [6, 6.07) is 7.29. The number of ether oxygens (including phenoxy) is 1. The zero-order chi connectivity index (χ0) is 18.3. The number of imidazole rings is 1. The molecule has 2 heterocycles. The van der Waals surface area contributed by atoms with E-state index in [0.717, 1.165) is 0 Å². The Morgan fingerprint density at radius 1 is 1.12 bits per heavy atom. The van der Waals surface area contributed by atoms with Crippen LogP contribution in [0.1, 0.15) is 47.2 Å². The minimum atomic E-state index is -0.506. The Morgan fingerprint density at radius 2 is 1.76 bits per heavy atom. The van der Waals surface area contributed by atoms with E-state index in [-0.39, 0.29) is 18.3 Å². The van der Waals surface area contributed by atoms with E-state index in [4.69, 9.17) is 4.74 Å². The van der Waals surface area contributed by atoms with Crippen LogP contribution < -0.4 is 5.43 Å². The smallest absolute Gasteiger partial charge is 0.355 e. The van der Waals surface area contributed by atoms with Crippen molar-refractivity contribution in [1.82, 2.24) is 9.08 Å². The molecule has 0 bridgehead atoms. The van der Waals surface area contributed by atoms with Crippen LogP contribution in [0.25, 0.3) is 16.7 Å². The van der Waals surface area contributed by atoms with Gasteiger partial charge in [0.05, 0.1) is 23.2 Å². The zero-order valence-electron chi connectivity index (χ0n) is 14.5. The predicted octanol–water partition coefficient (Wildman–Crippen LogP) is 2.67. The number of fused-ring (bicyclic) bond motifs is 3. The summed E-state index contributed by atoms with van der Waals surface area (Å²) in [4.78, 5) is 36.5. The van der Waals surface area contributed by atoms with Crippen molar-refractivity contribution in [3.63, 3.8) is 0 Å². The number of amides is 1. The highest BCUT2D eigenvalue weighted by Crippen LogP contribution is 2.31. The van der Waals surface area contributed by atoms with Gasteiger partial charge in [-0.3, -0.25) is 19.4 Å². The van der Waals surface area contributed by atoms with E-state index in [1.165, 1.54) is 13.8 Å². The van der Waals surface area contributed by atoms with E-state index in [2.05, 4.69) is 5.43 Å². The number of nitrogens with zero attached hydrogens (tertiary/aromatic N) is 2. The third-order valence-electron chi connectivity index (χ3n) is 4.05. The van der Waals surface area contributed by atoms with Crippen LogP contribution in [-0.2, 0) is 9.53 Å². The van der Waals surface area contributed by atoms with Gasteiger partial charge in [0.2, 0.25) is 5.91 Å². The van der Waals surface area contributed by atoms with Gasteiger partial charge in [0.1, 0.15) is 11.3 Å². The molecule has 0 saturated carbocycles. The minimum Gasteiger partial charge on any atom is -0.461 e. The van der Waals surface area contributed by atoms with Gasteiger partial charge < -0.3 is 4.74 Å². The van der Waals surface area contributed by atoms with E-state index in [1.54, 1.807) is 22.9 Å². The van der Waals surface area contributed by atoms with Gasteiger partial charge in [-0.15, -0.1) is 0 Å². The summed E-state index contributed by atoms with van der Waals surface area (Å²) in [5.74, 6) is -0.984. The first-order valence-corrected chi connectivity index (χ1v) is 7.98. The maximum atomic E-state index is 12.5. The molecule has 0 fully saturated rings. The number of esters is 1. The molecule has 0 saturated heterocycles. The molecule has 0 aliphatic heterocycles. The van der Waals surface area contributed by atoms with Crippen molar-refractivity contribution in [2.45, 2.75) is 27.7 Å². The van der Waals surface area contributed by atoms with E-state index in [9.17, 15) is 14.4 Å². The SMILES string of the molecule is CCOC(=O)c1c(C)c(C(C)=O)c2n(NC(C)=O)c3ccccc3n12. The lowest BCUT2D eigenvalue weighted by Gasteiger charge is -2.07. The summed E-state index contributed by atoms with van der Waals surface area (Å²) >= 11 is 0. The number of hydrogen-bond acceptors (Lipinski definition) is 4. The van der Waals surface area contributed by atoms with Crippen LogP contribution in [0.5, 0.6) is 0 Å². The molecule has 130 valence electrons. The van der Waals surface area contributed by atoms with Crippen LogP contribution in [-0.4, -0.2) is 33.3 Å². The molecule has 0 aliphatic carbocycles. The number of para-hydroxylation sites is 2. The highest BCUT2D eigenvalue weighted by molar-refractivity contribution is 6.09. The standard InChI is InChI=1S/C18H19N3O4/c1-5-25-18(24)16-10(2)15(11(3)22)17-20(16)13-8-6-7-9-14(13)21(17)19-12(4)23/h6-9H,5H2,1-4H3,(H,19,23). The normalized spacial score (nSPS) is 11.0. The van der Waals surface area contributed by atoms with Gasteiger partial charge in [-0.2, -0.15) is 0 Å². The number of carbonyl (C=O) groups is 3. The Morgan fingerprint density at radius 3 is 2.32 bits per heavy atom. The molecule has 25 heavy (non-hydrogen) atoms. The fourth-order valence-corrected chi connectivity index (χ4v) is 3.21. The summed E-state index contributed by atoms with van der Waals surface area (Å²) in [5, 5.41) is 0. The fourth-order valence-electron chi connectivity index (χ4n) is 3.21. The van der Waals surface area contributed by atoms with Crippen molar-refractivity contribution in [3.05, 3.63) is 41.1 Å². The summed E-state index contributed by atoms with van der Waals surface area (Å²) in [7, 11) is 0. The molecule has 2 aromatic heterocycles. The molecule has 1 N–H and O–H groups in total. The topological polar surface area (TPSA) is 81.8 Å². The first kappa shape index (κ1) is 16.8. The molecule has 3 rings (SSSR count). The number of carbonyl (C=O) groups excluding carboxylic acids is 3. The monoisotopic (exact) mass is 341 g/mol. The maximum absolute atomic E-state index is 12.5. The molecule has 1 amide bonds. The fraction of sp³-hybridized carbons (Fsp3) is 0.278. The van der Waals surface area contributed by atoms with Crippen LogP contribution in [0.15, 0.2) is 24.3 Å². The lowest BCUT2D eigenvalue weighted by atomic mass is 10.1. The maximum Gasteiger partial charge on any atom is 0.355 e. The van der Waals surface area contributed by atoms with Crippen LogP contribution >= 0.6 is 0 Å². The molecule has 7 heteroatoms. The van der Waals surface area contributed by atoms with Crippen LogP contribution in [0.4, 0.5) is 0 Å². The Kier molecular flexibility index (Phi) is 4.08. The molecule has 3 aromatic rings. The van der Waals surface area contributed by atoms with E-state index in [1.807, 2.05) is 24.3 Å². The molecule has 0 spiro atoms. The predicted molar refractivity (Wildman–Crippen MR) is 93.6 cm³/mol. The third kappa shape index (κ3) is 2.48. The third-order valence-corrected chi connectivity index (χ3v) is 4.05. The Balaban J connectivity index is 2.54. The van der Waals surface area contributed by atoms with Crippen LogP contribution in [0.2, 0.25) is 0 Å². The van der Waals surface area contributed by atoms with Crippen molar-refractivity contribution < 1.29 is 19.1 Å². The number of ketones is 1. The summed E-state index contributed by atoms with van der Waals surface area (Å²) in [5.41, 5.74) is 5.77. The summed E-state index contributed by atoms with van der Waals surface area (Å²) in [6.45, 7) is 6.49. The first-order valence-electron chi connectivity index (χ1n) is 7.98. The number of nitrogens with one attached hydrogen (secondary N) is 1. The van der Waals surface area contributed by atoms with Gasteiger partial charge >= 0.3 is 5.97 Å². The zero-order valence-corrected chi connectivity index (χ0v) is 14.5. The van der Waals surface area contributed by atoms with Crippen molar-refractivity contribution in [3.8, 4) is 0 Å². The molecule has 7 nitrogen and oxygen atoms in total. The van der Waals surface area contributed by atoms with Gasteiger partial charge in [0, 0.05) is 6.92 Å². The molecule has 0 radical (unpaired) electrons. The number of rotatable bonds is 4. The highest BCUT2D eigenvalue weighted by Gasteiger charge is 2.29. The number of hydrogen-bond donors (Lipinski definition) is 1. The minimum absolute atomic E-state index is 0.194. The number of aromatic nitrogens is 2. The van der Waals surface area contributed by atoms with Crippen LogP contribution in [0, 0.1) is 6.92 Å². The average Bonchev–Trinajstić information content (AvgIpc) is 3.00. The second-order valence-electron chi connectivity index (χ2n) is 5.78. The molecule has 0 aliphatic rings. The molecule has 0 atom stereocenters.